The number of amides is 2. The van der Waals surface area contributed by atoms with Gasteiger partial charge in [-0.1, -0.05) is 18.2 Å². The third kappa shape index (κ3) is 5.70. The molecule has 2 aromatic carbocycles. The van der Waals surface area contributed by atoms with Crippen LogP contribution in [0.1, 0.15) is 56.3 Å². The highest BCUT2D eigenvalue weighted by molar-refractivity contribution is 5.93. The van der Waals surface area contributed by atoms with Crippen molar-refractivity contribution < 1.29 is 27.9 Å². The number of aryl methyl sites for hydroxylation is 1. The molecule has 0 radical (unpaired) electrons. The lowest BCUT2D eigenvalue weighted by molar-refractivity contribution is -0.138. The van der Waals surface area contributed by atoms with Crippen molar-refractivity contribution in [3.63, 3.8) is 0 Å². The van der Waals surface area contributed by atoms with Gasteiger partial charge in [0.1, 0.15) is 0 Å². The molecule has 0 bridgehead atoms. The summed E-state index contributed by atoms with van der Waals surface area (Å²) in [5.74, 6) is -0.853. The number of carbonyl (C=O) groups is 2. The number of benzene rings is 2. The van der Waals surface area contributed by atoms with Crippen molar-refractivity contribution in [2.45, 2.75) is 58.3 Å². The van der Waals surface area contributed by atoms with Crippen LogP contribution >= 0.6 is 0 Å². The highest BCUT2D eigenvalue weighted by Crippen LogP contribution is 2.35. The number of anilines is 2. The Labute approximate surface area is 197 Å². The van der Waals surface area contributed by atoms with E-state index in [4.69, 9.17) is 0 Å². The summed E-state index contributed by atoms with van der Waals surface area (Å²) in [6.45, 7) is 7.47. The van der Waals surface area contributed by atoms with Gasteiger partial charge in [0.2, 0.25) is 5.91 Å². The van der Waals surface area contributed by atoms with Crippen LogP contribution in [0.2, 0.25) is 0 Å². The lowest BCUT2D eigenvalue weighted by Gasteiger charge is -2.34. The van der Waals surface area contributed by atoms with Gasteiger partial charge < -0.3 is 15.7 Å². The minimum absolute atomic E-state index is 0.0912. The summed E-state index contributed by atoms with van der Waals surface area (Å²) in [5, 5.41) is 15.6. The smallest absolute Gasteiger partial charge is 0.416 e. The lowest BCUT2D eigenvalue weighted by atomic mass is 9.85. The zero-order valence-electron chi connectivity index (χ0n) is 19.7. The fraction of sp³-hybridized carbons (Fsp3) is 0.440. The van der Waals surface area contributed by atoms with E-state index in [0.29, 0.717) is 18.7 Å². The van der Waals surface area contributed by atoms with E-state index in [1.165, 1.54) is 24.0 Å². The van der Waals surface area contributed by atoms with E-state index in [1.807, 2.05) is 0 Å². The predicted molar refractivity (Wildman–Crippen MR) is 125 cm³/mol. The molecule has 2 atom stereocenters. The van der Waals surface area contributed by atoms with Crippen LogP contribution in [0.15, 0.2) is 42.5 Å². The number of carbonyl (C=O) groups excluding carboxylic acids is 1. The number of nitrogens with zero attached hydrogens (tertiary/aromatic N) is 1. The summed E-state index contributed by atoms with van der Waals surface area (Å²) in [6, 6.07) is 10.4. The van der Waals surface area contributed by atoms with Gasteiger partial charge in [-0.3, -0.25) is 9.69 Å². The highest BCUT2D eigenvalue weighted by atomic mass is 19.4. The topological polar surface area (TPSA) is 81.7 Å². The normalized spacial score (nSPS) is 18.9. The minimum atomic E-state index is -4.50. The second kappa shape index (κ2) is 9.66. The maximum atomic E-state index is 13.3. The molecule has 1 heterocycles. The number of halogens is 3. The Balaban J connectivity index is 1.82. The van der Waals surface area contributed by atoms with E-state index in [-0.39, 0.29) is 23.2 Å². The van der Waals surface area contributed by atoms with Crippen molar-refractivity contribution in [3.05, 3.63) is 59.2 Å². The van der Waals surface area contributed by atoms with Crippen LogP contribution in [-0.4, -0.2) is 29.2 Å². The minimum Gasteiger partial charge on any atom is -0.465 e. The number of hydrogen-bond donors (Lipinski definition) is 3. The summed E-state index contributed by atoms with van der Waals surface area (Å²) in [7, 11) is 0. The van der Waals surface area contributed by atoms with Crippen molar-refractivity contribution in [1.29, 1.82) is 0 Å². The van der Waals surface area contributed by atoms with Gasteiger partial charge in [0, 0.05) is 23.0 Å². The summed E-state index contributed by atoms with van der Waals surface area (Å²) < 4.78 is 39.8. The van der Waals surface area contributed by atoms with E-state index in [2.05, 4.69) is 10.6 Å². The van der Waals surface area contributed by atoms with E-state index in [0.717, 1.165) is 18.1 Å². The Morgan fingerprint density at radius 3 is 2.29 bits per heavy atom. The Bertz CT molecular complexity index is 1050. The maximum absolute atomic E-state index is 13.3. The zero-order valence-corrected chi connectivity index (χ0v) is 19.7. The van der Waals surface area contributed by atoms with Crippen LogP contribution in [-0.2, 0) is 11.0 Å². The van der Waals surface area contributed by atoms with E-state index < -0.39 is 29.3 Å². The molecule has 0 saturated carbocycles. The summed E-state index contributed by atoms with van der Waals surface area (Å²) >= 11 is 0. The molecule has 184 valence electrons. The van der Waals surface area contributed by atoms with Crippen LogP contribution in [0.5, 0.6) is 0 Å². The summed E-state index contributed by atoms with van der Waals surface area (Å²) in [4.78, 5) is 26.1. The van der Waals surface area contributed by atoms with Gasteiger partial charge in [0.15, 0.2) is 0 Å². The first kappa shape index (κ1) is 25.6. The predicted octanol–water partition coefficient (Wildman–Crippen LogP) is 5.98. The molecule has 1 saturated heterocycles. The Morgan fingerprint density at radius 1 is 1.09 bits per heavy atom. The van der Waals surface area contributed by atoms with Crippen LogP contribution in [0.3, 0.4) is 0 Å². The monoisotopic (exact) mass is 477 g/mol. The average Bonchev–Trinajstić information content (AvgIpc) is 2.73. The molecule has 2 amide bonds. The standard InChI is InChI=1S/C25H30F3N3O3/c1-15-7-10-17(14-20(15)25(26,27)28)30-22(32)19-6-5-13-29-21(19)16-8-11-18(12-9-16)31(23(33)34)24(2,3)4/h7-12,14,19,21,29H,5-6,13H2,1-4H3,(H,30,32)(H,33,34). The quantitative estimate of drug-likeness (QED) is 0.506. The molecule has 0 spiro atoms. The first-order valence-electron chi connectivity index (χ1n) is 11.1. The molecule has 1 aliphatic heterocycles. The van der Waals surface area contributed by atoms with Crippen LogP contribution in [0, 0.1) is 12.8 Å². The van der Waals surface area contributed by atoms with Gasteiger partial charge in [0.25, 0.3) is 0 Å². The third-order valence-electron chi connectivity index (χ3n) is 5.98. The number of carboxylic acid groups (broad SMARTS) is 1. The van der Waals surface area contributed by atoms with Gasteiger partial charge in [-0.2, -0.15) is 13.2 Å². The van der Waals surface area contributed by atoms with Crippen molar-refractivity contribution >= 4 is 23.4 Å². The second-order valence-electron chi connectivity index (χ2n) is 9.58. The van der Waals surface area contributed by atoms with E-state index in [9.17, 15) is 27.9 Å². The van der Waals surface area contributed by atoms with Gasteiger partial charge in [-0.15, -0.1) is 0 Å². The summed E-state index contributed by atoms with van der Waals surface area (Å²) in [6.07, 6.45) is -4.24. The van der Waals surface area contributed by atoms with Crippen LogP contribution in [0.4, 0.5) is 29.3 Å². The van der Waals surface area contributed by atoms with Crippen molar-refractivity contribution in [1.82, 2.24) is 5.32 Å². The number of alkyl halides is 3. The highest BCUT2D eigenvalue weighted by Gasteiger charge is 2.35. The van der Waals surface area contributed by atoms with Crippen LogP contribution < -0.4 is 15.5 Å². The van der Waals surface area contributed by atoms with Crippen LogP contribution in [0.25, 0.3) is 0 Å². The lowest BCUT2D eigenvalue weighted by Crippen LogP contribution is -2.45. The molecule has 2 aromatic rings. The molecule has 34 heavy (non-hydrogen) atoms. The first-order valence-corrected chi connectivity index (χ1v) is 11.1. The van der Waals surface area contributed by atoms with Crippen molar-refractivity contribution in [2.75, 3.05) is 16.8 Å². The third-order valence-corrected chi connectivity index (χ3v) is 5.98. The van der Waals surface area contributed by atoms with Crippen molar-refractivity contribution in [2.24, 2.45) is 5.92 Å². The Kier molecular flexibility index (Phi) is 7.26. The van der Waals surface area contributed by atoms with E-state index in [1.54, 1.807) is 45.0 Å². The SMILES string of the molecule is Cc1ccc(NC(=O)C2CCCNC2c2ccc(N(C(=O)O)C(C)(C)C)cc2)cc1C(F)(F)F. The van der Waals surface area contributed by atoms with Gasteiger partial charge in [-0.25, -0.2) is 4.79 Å². The van der Waals surface area contributed by atoms with E-state index >= 15 is 0 Å². The average molecular weight is 478 g/mol. The molecule has 1 fully saturated rings. The molecule has 0 aromatic heterocycles. The van der Waals surface area contributed by atoms with Gasteiger partial charge >= 0.3 is 12.3 Å². The Morgan fingerprint density at radius 2 is 1.74 bits per heavy atom. The number of nitrogens with one attached hydrogen (secondary N) is 2. The second-order valence-corrected chi connectivity index (χ2v) is 9.58. The molecule has 6 nitrogen and oxygen atoms in total. The molecule has 3 N–H and O–H groups in total. The Hall–Kier alpha value is -3.07. The largest absolute Gasteiger partial charge is 0.465 e. The molecule has 1 aliphatic rings. The number of hydrogen-bond acceptors (Lipinski definition) is 3. The van der Waals surface area contributed by atoms with Gasteiger partial charge in [-0.05, 0) is 82.5 Å². The molecular formula is C25H30F3N3O3. The molecule has 2 unspecified atom stereocenters. The maximum Gasteiger partial charge on any atom is 0.416 e. The zero-order chi connectivity index (χ0) is 25.3. The van der Waals surface area contributed by atoms with Crippen molar-refractivity contribution in [3.8, 4) is 0 Å². The number of rotatable bonds is 4. The van der Waals surface area contributed by atoms with Gasteiger partial charge in [0.05, 0.1) is 11.5 Å². The fourth-order valence-corrected chi connectivity index (χ4v) is 4.38. The fourth-order valence-electron chi connectivity index (χ4n) is 4.38. The molecule has 9 heteroatoms. The first-order chi connectivity index (χ1) is 15.8. The number of piperidine rings is 1. The molecule has 0 aliphatic carbocycles. The molecule has 3 rings (SSSR count). The summed E-state index contributed by atoms with van der Waals surface area (Å²) in [5.41, 5.74) is 0.101. The molecular weight excluding hydrogens is 447 g/mol.